The highest BCUT2D eigenvalue weighted by molar-refractivity contribution is 5.73. The number of aromatic nitrogens is 3. The number of aryl methyl sites for hydroxylation is 1. The van der Waals surface area contributed by atoms with Crippen LogP contribution in [0.5, 0.6) is 0 Å². The Balaban J connectivity index is 1.24. The molecule has 7 rings (SSSR count). The largest absolute Gasteiger partial charge is 0.208 e. The third kappa shape index (κ3) is 6.55. The summed E-state index contributed by atoms with van der Waals surface area (Å²) in [5.74, 6) is 1.96. The highest BCUT2D eigenvalue weighted by Crippen LogP contribution is 2.30. The zero-order valence-electron chi connectivity index (χ0n) is 26.0. The van der Waals surface area contributed by atoms with E-state index in [0.29, 0.717) is 17.5 Å². The second kappa shape index (κ2) is 13.5. The molecular formula is C43H35N3. The maximum Gasteiger partial charge on any atom is 0.164 e. The van der Waals surface area contributed by atoms with Crippen LogP contribution in [-0.2, 0) is 6.42 Å². The van der Waals surface area contributed by atoms with Gasteiger partial charge in [0.05, 0.1) is 0 Å². The minimum Gasteiger partial charge on any atom is -0.208 e. The molecule has 0 N–H and O–H groups in total. The Kier molecular flexibility index (Phi) is 8.55. The van der Waals surface area contributed by atoms with Crippen LogP contribution in [0.1, 0.15) is 25.3 Å². The average Bonchev–Trinajstić information content (AvgIpc) is 3.15. The van der Waals surface area contributed by atoms with Crippen molar-refractivity contribution >= 4 is 0 Å². The van der Waals surface area contributed by atoms with Gasteiger partial charge < -0.3 is 0 Å². The van der Waals surface area contributed by atoms with Crippen LogP contribution in [0.25, 0.3) is 67.5 Å². The number of benzene rings is 6. The van der Waals surface area contributed by atoms with E-state index in [1.165, 1.54) is 40.7 Å². The maximum absolute atomic E-state index is 4.99. The summed E-state index contributed by atoms with van der Waals surface area (Å²) in [5, 5.41) is 0. The molecule has 6 aromatic carbocycles. The van der Waals surface area contributed by atoms with Gasteiger partial charge in [-0.3, -0.25) is 0 Å². The third-order valence-electron chi connectivity index (χ3n) is 8.39. The molecule has 0 bridgehead atoms. The number of unbranched alkanes of at least 4 members (excludes halogenated alkanes) is 1. The Hall–Kier alpha value is -5.67. The molecule has 1 aromatic heterocycles. The van der Waals surface area contributed by atoms with Gasteiger partial charge in [-0.15, -0.1) is 0 Å². The lowest BCUT2D eigenvalue weighted by Crippen LogP contribution is -2.00. The molecule has 0 aliphatic rings. The summed E-state index contributed by atoms with van der Waals surface area (Å²) in [4.78, 5) is 15.0. The van der Waals surface area contributed by atoms with E-state index in [4.69, 9.17) is 15.0 Å². The van der Waals surface area contributed by atoms with Crippen molar-refractivity contribution in [3.8, 4) is 67.5 Å². The van der Waals surface area contributed by atoms with E-state index in [1.54, 1.807) is 0 Å². The fraction of sp³-hybridized carbons (Fsp3) is 0.0930. The van der Waals surface area contributed by atoms with Crippen molar-refractivity contribution < 1.29 is 0 Å². The van der Waals surface area contributed by atoms with Gasteiger partial charge in [0.1, 0.15) is 0 Å². The van der Waals surface area contributed by atoms with Gasteiger partial charge in [0, 0.05) is 16.7 Å². The van der Waals surface area contributed by atoms with Gasteiger partial charge in [0.25, 0.3) is 0 Å². The molecule has 1 heterocycles. The molecular weight excluding hydrogens is 558 g/mol. The van der Waals surface area contributed by atoms with Gasteiger partial charge in [0.15, 0.2) is 17.5 Å². The summed E-state index contributed by atoms with van der Waals surface area (Å²) in [6, 6.07) is 55.2. The van der Waals surface area contributed by atoms with E-state index in [2.05, 4.69) is 153 Å². The molecule has 0 amide bonds. The number of nitrogens with zero attached hydrogens (tertiary/aromatic N) is 3. The van der Waals surface area contributed by atoms with Crippen molar-refractivity contribution in [1.82, 2.24) is 15.0 Å². The fourth-order valence-corrected chi connectivity index (χ4v) is 5.70. The Morgan fingerprint density at radius 3 is 0.935 bits per heavy atom. The Morgan fingerprint density at radius 1 is 0.326 bits per heavy atom. The van der Waals surface area contributed by atoms with E-state index in [-0.39, 0.29) is 0 Å². The normalized spacial score (nSPS) is 11.0. The predicted octanol–water partition coefficient (Wildman–Crippen LogP) is 11.2. The van der Waals surface area contributed by atoms with Crippen molar-refractivity contribution in [2.75, 3.05) is 0 Å². The molecule has 0 unspecified atom stereocenters. The summed E-state index contributed by atoms with van der Waals surface area (Å²) in [6.45, 7) is 2.23. The lowest BCUT2D eigenvalue weighted by molar-refractivity contribution is 0.795. The minimum absolute atomic E-state index is 0.651. The monoisotopic (exact) mass is 593 g/mol. The molecule has 3 nitrogen and oxygen atoms in total. The summed E-state index contributed by atoms with van der Waals surface area (Å²) in [5.41, 5.74) is 11.3. The van der Waals surface area contributed by atoms with Crippen LogP contribution in [0.3, 0.4) is 0 Å². The smallest absolute Gasteiger partial charge is 0.164 e. The van der Waals surface area contributed by atoms with Crippen LogP contribution in [0.4, 0.5) is 0 Å². The lowest BCUT2D eigenvalue weighted by atomic mass is 10.0. The summed E-state index contributed by atoms with van der Waals surface area (Å²) >= 11 is 0. The summed E-state index contributed by atoms with van der Waals surface area (Å²) < 4.78 is 0. The molecule has 0 aliphatic carbocycles. The molecule has 0 aliphatic heterocycles. The minimum atomic E-state index is 0.651. The van der Waals surface area contributed by atoms with E-state index in [9.17, 15) is 0 Å². The van der Waals surface area contributed by atoms with Crippen LogP contribution in [0, 0.1) is 0 Å². The van der Waals surface area contributed by atoms with Gasteiger partial charge >= 0.3 is 0 Å². The molecule has 0 atom stereocenters. The highest BCUT2D eigenvalue weighted by atomic mass is 15.0. The number of hydrogen-bond acceptors (Lipinski definition) is 3. The molecule has 46 heavy (non-hydrogen) atoms. The first-order chi connectivity index (χ1) is 22.7. The summed E-state index contributed by atoms with van der Waals surface area (Å²) in [7, 11) is 0. The Labute approximate surface area is 271 Å². The molecule has 7 aromatic rings. The van der Waals surface area contributed by atoms with E-state index < -0.39 is 0 Å². The van der Waals surface area contributed by atoms with Gasteiger partial charge in [-0.1, -0.05) is 171 Å². The lowest BCUT2D eigenvalue weighted by Gasteiger charge is -2.10. The quantitative estimate of drug-likeness (QED) is 0.167. The van der Waals surface area contributed by atoms with Crippen molar-refractivity contribution in [2.24, 2.45) is 0 Å². The Bertz CT molecular complexity index is 1910. The van der Waals surface area contributed by atoms with Crippen molar-refractivity contribution in [3.05, 3.63) is 163 Å². The molecule has 222 valence electrons. The SMILES string of the molecule is CCCCc1ccc(-c2ccc(-c3nc(-c4ccc(-c5ccccc5)cc4)nc(-c4ccc(-c5ccccc5)cc4)n3)cc2)cc1. The second-order valence-electron chi connectivity index (χ2n) is 11.6. The zero-order valence-corrected chi connectivity index (χ0v) is 26.0. The standard InChI is InChI=1S/C43H35N3/c1-2-3-10-31-15-17-34(18-16-31)37-23-29-40(30-24-37)43-45-41(38-25-19-35(20-26-38)32-11-6-4-7-12-32)44-42(46-43)39-27-21-36(22-28-39)33-13-8-5-9-14-33/h4-9,11-30H,2-3,10H2,1H3. The Morgan fingerprint density at radius 2 is 0.609 bits per heavy atom. The number of hydrogen-bond donors (Lipinski definition) is 0. The van der Waals surface area contributed by atoms with Crippen molar-refractivity contribution in [1.29, 1.82) is 0 Å². The second-order valence-corrected chi connectivity index (χ2v) is 11.6. The topological polar surface area (TPSA) is 38.7 Å². The van der Waals surface area contributed by atoms with Crippen LogP contribution >= 0.6 is 0 Å². The molecule has 0 radical (unpaired) electrons. The maximum atomic E-state index is 4.99. The molecule has 3 heteroatoms. The summed E-state index contributed by atoms with van der Waals surface area (Å²) in [6.07, 6.45) is 3.56. The zero-order chi connectivity index (χ0) is 31.1. The first-order valence-corrected chi connectivity index (χ1v) is 16.0. The van der Waals surface area contributed by atoms with Crippen LogP contribution in [-0.4, -0.2) is 15.0 Å². The molecule has 0 spiro atoms. The number of rotatable bonds is 9. The van der Waals surface area contributed by atoms with Crippen molar-refractivity contribution in [2.45, 2.75) is 26.2 Å². The first-order valence-electron chi connectivity index (χ1n) is 16.0. The van der Waals surface area contributed by atoms with E-state index in [1.807, 2.05) is 12.1 Å². The van der Waals surface area contributed by atoms with Gasteiger partial charge in [-0.2, -0.15) is 0 Å². The average molecular weight is 594 g/mol. The first kappa shape index (κ1) is 29.1. The van der Waals surface area contributed by atoms with Gasteiger partial charge in [-0.25, -0.2) is 15.0 Å². The molecule has 0 fully saturated rings. The fourth-order valence-electron chi connectivity index (χ4n) is 5.70. The van der Waals surface area contributed by atoms with E-state index in [0.717, 1.165) is 34.2 Å². The van der Waals surface area contributed by atoms with E-state index >= 15 is 0 Å². The predicted molar refractivity (Wildman–Crippen MR) is 191 cm³/mol. The molecule has 0 saturated heterocycles. The molecule has 0 saturated carbocycles. The van der Waals surface area contributed by atoms with Gasteiger partial charge in [0.2, 0.25) is 0 Å². The highest BCUT2D eigenvalue weighted by Gasteiger charge is 2.13. The van der Waals surface area contributed by atoms with Gasteiger partial charge in [-0.05, 0) is 51.8 Å². The van der Waals surface area contributed by atoms with Crippen LogP contribution < -0.4 is 0 Å². The van der Waals surface area contributed by atoms with Crippen LogP contribution in [0.15, 0.2) is 158 Å². The van der Waals surface area contributed by atoms with Crippen molar-refractivity contribution in [3.63, 3.8) is 0 Å². The van der Waals surface area contributed by atoms with Crippen LogP contribution in [0.2, 0.25) is 0 Å². The third-order valence-corrected chi connectivity index (χ3v) is 8.39.